The van der Waals surface area contributed by atoms with Crippen molar-refractivity contribution in [2.45, 2.75) is 50.8 Å². The number of rotatable bonds is 8. The largest absolute Gasteiger partial charge is 0.493 e. The topological polar surface area (TPSA) is 60.0 Å². The molecule has 168 valence electrons. The van der Waals surface area contributed by atoms with Crippen molar-refractivity contribution in [3.05, 3.63) is 53.6 Å². The van der Waals surface area contributed by atoms with Crippen molar-refractivity contribution in [1.82, 2.24) is 10.2 Å². The van der Waals surface area contributed by atoms with E-state index < -0.39 is 0 Å². The molecular weight excluding hydrogens is 392 g/mol. The third-order valence-electron chi connectivity index (χ3n) is 5.84. The first-order chi connectivity index (χ1) is 14.9. The summed E-state index contributed by atoms with van der Waals surface area (Å²) in [6.07, 6.45) is 3.62. The number of ether oxygens (including phenoxy) is 3. The van der Waals surface area contributed by atoms with Crippen molar-refractivity contribution in [2.75, 3.05) is 28.3 Å². The van der Waals surface area contributed by atoms with Gasteiger partial charge in [-0.2, -0.15) is 0 Å². The summed E-state index contributed by atoms with van der Waals surface area (Å²) in [7, 11) is 7.12. The van der Waals surface area contributed by atoms with Crippen LogP contribution in [0.2, 0.25) is 0 Å². The molecule has 3 rings (SSSR count). The highest BCUT2D eigenvalue weighted by atomic mass is 16.5. The number of aryl methyl sites for hydroxylation is 1. The summed E-state index contributed by atoms with van der Waals surface area (Å²) in [6.45, 7) is 2.05. The lowest BCUT2D eigenvalue weighted by molar-refractivity contribution is -0.126. The van der Waals surface area contributed by atoms with Gasteiger partial charge in [0.1, 0.15) is 6.04 Å². The Morgan fingerprint density at radius 2 is 1.61 bits per heavy atom. The summed E-state index contributed by atoms with van der Waals surface area (Å²) in [4.78, 5) is 15.0. The van der Waals surface area contributed by atoms with E-state index in [1.54, 1.807) is 14.2 Å². The minimum absolute atomic E-state index is 0.0488. The minimum Gasteiger partial charge on any atom is -0.493 e. The van der Waals surface area contributed by atoms with Crippen molar-refractivity contribution < 1.29 is 19.0 Å². The van der Waals surface area contributed by atoms with Crippen LogP contribution in [0.4, 0.5) is 0 Å². The Bertz CT molecular complexity index is 858. The first kappa shape index (κ1) is 22.9. The number of hydrogen-bond acceptors (Lipinski definition) is 5. The normalized spacial score (nSPS) is 19.5. The van der Waals surface area contributed by atoms with Crippen molar-refractivity contribution in [1.29, 1.82) is 0 Å². The lowest BCUT2D eigenvalue weighted by Gasteiger charge is -2.32. The van der Waals surface area contributed by atoms with Crippen molar-refractivity contribution in [2.24, 2.45) is 0 Å². The Morgan fingerprint density at radius 1 is 0.968 bits per heavy atom. The van der Waals surface area contributed by atoms with E-state index in [-0.39, 0.29) is 24.1 Å². The lowest BCUT2D eigenvalue weighted by Crippen LogP contribution is -2.44. The third kappa shape index (κ3) is 5.70. The van der Waals surface area contributed by atoms with E-state index in [9.17, 15) is 4.79 Å². The number of nitrogens with zero attached hydrogens (tertiary/aromatic N) is 1. The van der Waals surface area contributed by atoms with Crippen LogP contribution in [0.25, 0.3) is 0 Å². The van der Waals surface area contributed by atoms with Gasteiger partial charge in [0.05, 0.1) is 20.3 Å². The maximum atomic E-state index is 13.1. The van der Waals surface area contributed by atoms with E-state index in [2.05, 4.69) is 24.4 Å². The summed E-state index contributed by atoms with van der Waals surface area (Å²) >= 11 is 0. The Labute approximate surface area is 185 Å². The van der Waals surface area contributed by atoms with Gasteiger partial charge in [-0.1, -0.05) is 35.9 Å². The van der Waals surface area contributed by atoms with Crippen LogP contribution in [0.3, 0.4) is 0 Å². The van der Waals surface area contributed by atoms with Gasteiger partial charge in [0.15, 0.2) is 11.5 Å². The molecule has 6 nitrogen and oxygen atoms in total. The first-order valence-corrected chi connectivity index (χ1v) is 10.8. The average molecular weight is 427 g/mol. The SMILES string of the molecule is COc1cccc(OC2CCC(NC(=O)C(c3ccc(C)cc3)N(C)C)CC2)c1OC. The molecule has 0 saturated heterocycles. The van der Waals surface area contributed by atoms with Gasteiger partial charge >= 0.3 is 0 Å². The molecule has 0 aliphatic heterocycles. The zero-order chi connectivity index (χ0) is 22.4. The maximum Gasteiger partial charge on any atom is 0.242 e. The molecule has 0 bridgehead atoms. The smallest absolute Gasteiger partial charge is 0.242 e. The molecule has 1 unspecified atom stereocenters. The Morgan fingerprint density at radius 3 is 2.19 bits per heavy atom. The highest BCUT2D eigenvalue weighted by molar-refractivity contribution is 5.83. The summed E-state index contributed by atoms with van der Waals surface area (Å²) < 4.78 is 17.0. The number of methoxy groups -OCH3 is 2. The molecule has 0 heterocycles. The molecule has 1 atom stereocenters. The molecule has 2 aromatic carbocycles. The molecule has 1 aliphatic carbocycles. The number of para-hydroxylation sites is 1. The second-order valence-electron chi connectivity index (χ2n) is 8.37. The third-order valence-corrected chi connectivity index (χ3v) is 5.84. The predicted molar refractivity (Wildman–Crippen MR) is 122 cm³/mol. The minimum atomic E-state index is -0.296. The van der Waals surface area contributed by atoms with Gasteiger partial charge in [-0.3, -0.25) is 9.69 Å². The van der Waals surface area contributed by atoms with Crippen LogP contribution < -0.4 is 19.5 Å². The van der Waals surface area contributed by atoms with E-state index in [0.29, 0.717) is 17.2 Å². The summed E-state index contributed by atoms with van der Waals surface area (Å²) in [5, 5.41) is 3.26. The fourth-order valence-electron chi connectivity index (χ4n) is 4.17. The van der Waals surface area contributed by atoms with E-state index in [0.717, 1.165) is 31.2 Å². The molecule has 1 aliphatic rings. The molecule has 0 spiro atoms. The second-order valence-corrected chi connectivity index (χ2v) is 8.37. The molecular formula is C25H34N2O4. The summed E-state index contributed by atoms with van der Waals surface area (Å²) in [5.41, 5.74) is 2.20. The molecule has 2 aromatic rings. The fourth-order valence-corrected chi connectivity index (χ4v) is 4.17. The van der Waals surface area contributed by atoms with Crippen molar-refractivity contribution >= 4 is 5.91 Å². The van der Waals surface area contributed by atoms with Crippen LogP contribution in [0.1, 0.15) is 42.9 Å². The van der Waals surface area contributed by atoms with Gasteiger partial charge in [0.25, 0.3) is 0 Å². The number of nitrogens with one attached hydrogen (secondary N) is 1. The van der Waals surface area contributed by atoms with Crippen molar-refractivity contribution in [3.8, 4) is 17.2 Å². The van der Waals surface area contributed by atoms with Crippen LogP contribution in [-0.4, -0.2) is 51.3 Å². The van der Waals surface area contributed by atoms with Crippen LogP contribution in [-0.2, 0) is 4.79 Å². The Hall–Kier alpha value is -2.73. The fraction of sp³-hybridized carbons (Fsp3) is 0.480. The van der Waals surface area contributed by atoms with Gasteiger partial charge in [0.2, 0.25) is 11.7 Å². The molecule has 6 heteroatoms. The quantitative estimate of drug-likeness (QED) is 0.688. The summed E-state index contributed by atoms with van der Waals surface area (Å²) in [6, 6.07) is 13.7. The van der Waals surface area contributed by atoms with E-state index in [1.165, 1.54) is 5.56 Å². The van der Waals surface area contributed by atoms with E-state index >= 15 is 0 Å². The van der Waals surface area contributed by atoms with Gasteiger partial charge in [-0.05, 0) is 64.4 Å². The van der Waals surface area contributed by atoms with Crippen LogP contribution in [0.15, 0.2) is 42.5 Å². The predicted octanol–water partition coefficient (Wildman–Crippen LogP) is 4.12. The standard InChI is InChI=1S/C25H34N2O4/c1-17-9-11-18(12-10-17)23(27(2)3)25(28)26-19-13-15-20(16-14-19)31-22-8-6-7-21(29-4)24(22)30-5/h6-12,19-20,23H,13-16H2,1-5H3,(H,26,28). The highest BCUT2D eigenvalue weighted by Crippen LogP contribution is 2.38. The lowest BCUT2D eigenvalue weighted by atomic mass is 9.92. The van der Waals surface area contributed by atoms with E-state index in [1.807, 2.05) is 49.3 Å². The van der Waals surface area contributed by atoms with Gasteiger partial charge in [-0.25, -0.2) is 0 Å². The van der Waals surface area contributed by atoms with Crippen LogP contribution in [0, 0.1) is 6.92 Å². The number of benzene rings is 2. The zero-order valence-corrected chi connectivity index (χ0v) is 19.2. The van der Waals surface area contributed by atoms with Gasteiger partial charge in [-0.15, -0.1) is 0 Å². The molecule has 1 fully saturated rings. The Balaban J connectivity index is 1.57. The van der Waals surface area contributed by atoms with Crippen molar-refractivity contribution in [3.63, 3.8) is 0 Å². The van der Waals surface area contributed by atoms with Crippen LogP contribution in [0.5, 0.6) is 17.2 Å². The van der Waals surface area contributed by atoms with Gasteiger partial charge < -0.3 is 19.5 Å². The van der Waals surface area contributed by atoms with Crippen LogP contribution >= 0.6 is 0 Å². The summed E-state index contributed by atoms with van der Waals surface area (Å²) in [5.74, 6) is 2.02. The maximum absolute atomic E-state index is 13.1. The monoisotopic (exact) mass is 426 g/mol. The highest BCUT2D eigenvalue weighted by Gasteiger charge is 2.29. The first-order valence-electron chi connectivity index (χ1n) is 10.8. The number of carbonyl (C=O) groups is 1. The molecule has 31 heavy (non-hydrogen) atoms. The second kappa shape index (κ2) is 10.5. The number of amides is 1. The van der Waals surface area contributed by atoms with E-state index in [4.69, 9.17) is 14.2 Å². The number of carbonyl (C=O) groups excluding carboxylic acids is 1. The zero-order valence-electron chi connectivity index (χ0n) is 19.2. The molecule has 1 amide bonds. The molecule has 1 N–H and O–H groups in total. The number of hydrogen-bond donors (Lipinski definition) is 1. The molecule has 0 aromatic heterocycles. The Kier molecular flexibility index (Phi) is 7.80. The molecule has 1 saturated carbocycles. The average Bonchev–Trinajstić information content (AvgIpc) is 2.76. The number of likely N-dealkylation sites (N-methyl/N-ethyl adjacent to an activating group) is 1. The molecule has 0 radical (unpaired) electrons. The van der Waals surface area contributed by atoms with Gasteiger partial charge in [0, 0.05) is 6.04 Å².